The Balaban J connectivity index is 1.74. The molecule has 0 spiro atoms. The van der Waals surface area contributed by atoms with Crippen molar-refractivity contribution in [2.75, 3.05) is 13.1 Å². The van der Waals surface area contributed by atoms with Crippen molar-refractivity contribution in [3.8, 4) is 0 Å². The summed E-state index contributed by atoms with van der Waals surface area (Å²) in [6.07, 6.45) is 1.70. The summed E-state index contributed by atoms with van der Waals surface area (Å²) in [4.78, 5) is 30.3. The molecule has 132 valence electrons. The summed E-state index contributed by atoms with van der Waals surface area (Å²) in [6, 6.07) is 13.5. The number of benzene rings is 2. The first-order valence-corrected chi connectivity index (χ1v) is 8.51. The zero-order valence-corrected chi connectivity index (χ0v) is 14.1. The van der Waals surface area contributed by atoms with Crippen LogP contribution in [-0.2, 0) is 4.79 Å². The highest BCUT2D eigenvalue weighted by atomic mass is 16.4. The van der Waals surface area contributed by atoms with Gasteiger partial charge in [-0.05, 0) is 22.9 Å². The summed E-state index contributed by atoms with van der Waals surface area (Å²) in [5.41, 5.74) is -0.615. The van der Waals surface area contributed by atoms with Crippen LogP contribution in [0.3, 0.4) is 0 Å². The third kappa shape index (κ3) is 2.59. The number of hydrogen-bond acceptors (Lipinski definition) is 4. The molecular weight excluding hydrogens is 332 g/mol. The van der Waals surface area contributed by atoms with Gasteiger partial charge in [0.25, 0.3) is 5.91 Å². The molecule has 2 aromatic carbocycles. The van der Waals surface area contributed by atoms with Crippen molar-refractivity contribution in [2.45, 2.75) is 18.4 Å². The molecule has 2 heterocycles. The van der Waals surface area contributed by atoms with Crippen molar-refractivity contribution in [2.24, 2.45) is 0 Å². The average molecular weight is 350 g/mol. The molecule has 1 aliphatic heterocycles. The second-order valence-electron chi connectivity index (χ2n) is 6.67. The number of pyridine rings is 1. The van der Waals surface area contributed by atoms with Gasteiger partial charge in [0.1, 0.15) is 0 Å². The maximum absolute atomic E-state index is 13.1. The largest absolute Gasteiger partial charge is 0.479 e. The van der Waals surface area contributed by atoms with E-state index in [2.05, 4.69) is 4.98 Å². The second kappa shape index (κ2) is 6.07. The van der Waals surface area contributed by atoms with Gasteiger partial charge >= 0.3 is 5.97 Å². The van der Waals surface area contributed by atoms with Crippen LogP contribution in [0.4, 0.5) is 0 Å². The summed E-state index contributed by atoms with van der Waals surface area (Å²) >= 11 is 0. The first kappa shape index (κ1) is 16.5. The van der Waals surface area contributed by atoms with E-state index in [0.29, 0.717) is 11.1 Å². The molecule has 0 atom stereocenters. The van der Waals surface area contributed by atoms with Crippen LogP contribution in [0.2, 0.25) is 0 Å². The number of piperidine rings is 1. The molecule has 1 aromatic heterocycles. The van der Waals surface area contributed by atoms with Crippen molar-refractivity contribution in [1.29, 1.82) is 0 Å². The lowest BCUT2D eigenvalue weighted by atomic mass is 9.91. The van der Waals surface area contributed by atoms with Crippen molar-refractivity contribution < 1.29 is 19.8 Å². The number of carboxylic acids is 1. The Morgan fingerprint density at radius 1 is 1.04 bits per heavy atom. The topological polar surface area (TPSA) is 90.7 Å². The quantitative estimate of drug-likeness (QED) is 0.693. The Morgan fingerprint density at radius 3 is 2.46 bits per heavy atom. The molecule has 0 saturated carbocycles. The van der Waals surface area contributed by atoms with E-state index >= 15 is 0 Å². The number of carboxylic acid groups (broad SMARTS) is 1. The fourth-order valence-electron chi connectivity index (χ4n) is 3.56. The number of aliphatic carboxylic acids is 1. The summed E-state index contributed by atoms with van der Waals surface area (Å²) in [5.74, 6) is -1.42. The van der Waals surface area contributed by atoms with Crippen molar-refractivity contribution in [3.05, 3.63) is 54.2 Å². The third-order valence-corrected chi connectivity index (χ3v) is 5.12. The summed E-state index contributed by atoms with van der Waals surface area (Å²) < 4.78 is 0. The van der Waals surface area contributed by atoms with Gasteiger partial charge < -0.3 is 15.1 Å². The van der Waals surface area contributed by atoms with Gasteiger partial charge in [0.15, 0.2) is 5.60 Å². The average Bonchev–Trinajstić information content (AvgIpc) is 2.67. The molecule has 2 N–H and O–H groups in total. The van der Waals surface area contributed by atoms with Gasteiger partial charge in [-0.2, -0.15) is 0 Å². The number of carbonyl (C=O) groups is 2. The van der Waals surface area contributed by atoms with Gasteiger partial charge in [-0.3, -0.25) is 9.78 Å². The Hall–Kier alpha value is -2.99. The van der Waals surface area contributed by atoms with E-state index in [-0.39, 0.29) is 31.8 Å². The smallest absolute Gasteiger partial charge is 0.335 e. The van der Waals surface area contributed by atoms with Crippen LogP contribution < -0.4 is 0 Å². The molecule has 6 nitrogen and oxygen atoms in total. The van der Waals surface area contributed by atoms with E-state index in [1.54, 1.807) is 11.1 Å². The van der Waals surface area contributed by atoms with Crippen LogP contribution in [0.15, 0.2) is 48.7 Å². The molecule has 1 amide bonds. The Kier molecular flexibility index (Phi) is 3.85. The summed E-state index contributed by atoms with van der Waals surface area (Å²) in [7, 11) is 0. The molecule has 26 heavy (non-hydrogen) atoms. The van der Waals surface area contributed by atoms with Gasteiger partial charge in [-0.25, -0.2) is 4.79 Å². The van der Waals surface area contributed by atoms with Crippen LogP contribution in [0.5, 0.6) is 0 Å². The number of amides is 1. The standard InChI is InChI=1S/C20H18N2O4/c23-18(22-10-7-20(26,8-11-22)19(24)25)16-12-13-4-1-2-5-14(13)15-6-3-9-21-17(15)16/h1-6,9,12,26H,7-8,10-11H2,(H,24,25). The van der Waals surface area contributed by atoms with Crippen LogP contribution in [0.25, 0.3) is 21.7 Å². The van der Waals surface area contributed by atoms with E-state index < -0.39 is 11.6 Å². The number of rotatable bonds is 2. The molecule has 1 saturated heterocycles. The van der Waals surface area contributed by atoms with E-state index in [9.17, 15) is 14.7 Å². The van der Waals surface area contributed by atoms with Gasteiger partial charge in [-0.15, -0.1) is 0 Å². The molecule has 1 aliphatic rings. The minimum absolute atomic E-state index is 0.0208. The fraction of sp³-hybridized carbons (Fsp3) is 0.250. The van der Waals surface area contributed by atoms with E-state index in [0.717, 1.165) is 16.2 Å². The molecular formula is C20H18N2O4. The normalized spacial score (nSPS) is 16.7. The zero-order chi connectivity index (χ0) is 18.3. The predicted octanol–water partition coefficient (Wildman–Crippen LogP) is 2.44. The Morgan fingerprint density at radius 2 is 1.73 bits per heavy atom. The first-order chi connectivity index (χ1) is 12.5. The highest BCUT2D eigenvalue weighted by Crippen LogP contribution is 2.30. The number of hydrogen-bond donors (Lipinski definition) is 2. The fourth-order valence-corrected chi connectivity index (χ4v) is 3.56. The van der Waals surface area contributed by atoms with Crippen LogP contribution in [-0.4, -0.2) is 50.7 Å². The summed E-state index contributed by atoms with van der Waals surface area (Å²) in [5, 5.41) is 22.1. The minimum Gasteiger partial charge on any atom is -0.479 e. The molecule has 0 unspecified atom stereocenters. The lowest BCUT2D eigenvalue weighted by Crippen LogP contribution is -2.50. The van der Waals surface area contributed by atoms with Crippen molar-refractivity contribution in [3.63, 3.8) is 0 Å². The second-order valence-corrected chi connectivity index (χ2v) is 6.67. The number of likely N-dealkylation sites (tertiary alicyclic amines) is 1. The monoisotopic (exact) mass is 350 g/mol. The minimum atomic E-state index is -1.75. The molecule has 0 aliphatic carbocycles. The van der Waals surface area contributed by atoms with Gasteiger partial charge in [0.2, 0.25) is 0 Å². The molecule has 3 aromatic rings. The van der Waals surface area contributed by atoms with Crippen LogP contribution >= 0.6 is 0 Å². The van der Waals surface area contributed by atoms with Crippen LogP contribution in [0, 0.1) is 0 Å². The van der Waals surface area contributed by atoms with Gasteiger partial charge in [0.05, 0.1) is 11.1 Å². The lowest BCUT2D eigenvalue weighted by molar-refractivity contribution is -0.162. The molecule has 0 radical (unpaired) electrons. The molecule has 4 rings (SSSR count). The molecule has 0 bridgehead atoms. The van der Waals surface area contributed by atoms with Gasteiger partial charge in [0, 0.05) is 37.5 Å². The zero-order valence-electron chi connectivity index (χ0n) is 14.1. The maximum atomic E-state index is 13.1. The van der Waals surface area contributed by atoms with Crippen molar-refractivity contribution >= 4 is 33.6 Å². The van der Waals surface area contributed by atoms with E-state index in [4.69, 9.17) is 5.11 Å². The summed E-state index contributed by atoms with van der Waals surface area (Å²) in [6.45, 7) is 0.394. The van der Waals surface area contributed by atoms with Gasteiger partial charge in [-0.1, -0.05) is 30.3 Å². The SMILES string of the molecule is O=C(c1cc2ccccc2c2cccnc12)N1CCC(O)(C(=O)O)CC1. The Bertz CT molecular complexity index is 1020. The van der Waals surface area contributed by atoms with Crippen molar-refractivity contribution in [1.82, 2.24) is 9.88 Å². The predicted molar refractivity (Wildman–Crippen MR) is 97.0 cm³/mol. The highest BCUT2D eigenvalue weighted by molar-refractivity contribution is 6.15. The van der Waals surface area contributed by atoms with Crippen LogP contribution in [0.1, 0.15) is 23.2 Å². The Labute approximate surface area is 149 Å². The number of aliphatic hydroxyl groups is 1. The van der Waals surface area contributed by atoms with E-state index in [1.165, 1.54) is 0 Å². The number of carbonyl (C=O) groups excluding carboxylic acids is 1. The highest BCUT2D eigenvalue weighted by Gasteiger charge is 2.40. The number of nitrogens with zero attached hydrogens (tertiary/aromatic N) is 2. The maximum Gasteiger partial charge on any atom is 0.335 e. The number of aromatic nitrogens is 1. The lowest BCUT2D eigenvalue weighted by Gasteiger charge is -2.35. The molecule has 6 heteroatoms. The molecule has 1 fully saturated rings. The third-order valence-electron chi connectivity index (χ3n) is 5.12. The van der Waals surface area contributed by atoms with E-state index in [1.807, 2.05) is 42.5 Å². The number of fused-ring (bicyclic) bond motifs is 3. The first-order valence-electron chi connectivity index (χ1n) is 8.51.